The Labute approximate surface area is 184 Å². The first-order valence-corrected chi connectivity index (χ1v) is 9.97. The topological polar surface area (TPSA) is 84.7 Å². The van der Waals surface area contributed by atoms with E-state index >= 15 is 0 Å². The van der Waals surface area contributed by atoms with Crippen LogP contribution in [0, 0.1) is 25.5 Å². The fourth-order valence-electron chi connectivity index (χ4n) is 3.06. The van der Waals surface area contributed by atoms with Crippen LogP contribution in [0.25, 0.3) is 0 Å². The predicted octanol–water partition coefficient (Wildman–Crippen LogP) is 4.25. The van der Waals surface area contributed by atoms with Gasteiger partial charge in [0.05, 0.1) is 11.3 Å². The number of amides is 2. The number of rotatable bonds is 8. The molecule has 1 aromatic heterocycles. The van der Waals surface area contributed by atoms with E-state index in [9.17, 15) is 18.4 Å². The number of carbonyl (C=O) groups excluding carboxylic acids is 2. The molecule has 3 aromatic rings. The summed E-state index contributed by atoms with van der Waals surface area (Å²) in [5.74, 6) is -1.80. The van der Waals surface area contributed by atoms with E-state index in [0.29, 0.717) is 17.1 Å². The third-order valence-corrected chi connectivity index (χ3v) is 4.88. The number of aromatic nitrogens is 1. The van der Waals surface area contributed by atoms with Crippen molar-refractivity contribution in [2.24, 2.45) is 0 Å². The number of hydrogen-bond donors (Lipinski definition) is 1. The molecule has 9 heteroatoms. The highest BCUT2D eigenvalue weighted by Gasteiger charge is 2.20. The van der Waals surface area contributed by atoms with Crippen LogP contribution in [0.1, 0.15) is 34.3 Å². The minimum absolute atomic E-state index is 0.218. The van der Waals surface area contributed by atoms with E-state index in [0.717, 1.165) is 23.4 Å². The van der Waals surface area contributed by atoms with Gasteiger partial charge in [-0.3, -0.25) is 9.59 Å². The summed E-state index contributed by atoms with van der Waals surface area (Å²) in [6, 6.07) is 9.81. The van der Waals surface area contributed by atoms with Crippen LogP contribution in [0.5, 0.6) is 5.75 Å². The van der Waals surface area contributed by atoms with Gasteiger partial charge in [-0.2, -0.15) is 0 Å². The van der Waals surface area contributed by atoms with Crippen LogP contribution < -0.4 is 10.1 Å². The number of hydrogen-bond acceptors (Lipinski definition) is 5. The molecule has 0 aliphatic heterocycles. The van der Waals surface area contributed by atoms with E-state index in [2.05, 4.69) is 10.5 Å². The Morgan fingerprint density at radius 3 is 2.44 bits per heavy atom. The molecular formula is C23H23F2N3O4. The smallest absolute Gasteiger partial charge is 0.254 e. The molecule has 3 rings (SSSR count). The van der Waals surface area contributed by atoms with Gasteiger partial charge in [-0.25, -0.2) is 8.78 Å². The summed E-state index contributed by atoms with van der Waals surface area (Å²) in [7, 11) is 0. The highest BCUT2D eigenvalue weighted by Crippen LogP contribution is 2.20. The molecule has 168 valence electrons. The van der Waals surface area contributed by atoms with Crippen LogP contribution in [-0.4, -0.2) is 35.0 Å². The van der Waals surface area contributed by atoms with Crippen LogP contribution in [0.15, 0.2) is 47.0 Å². The molecule has 2 amide bonds. The van der Waals surface area contributed by atoms with Gasteiger partial charge in [-0.1, -0.05) is 17.3 Å². The number of benzene rings is 2. The molecule has 2 aromatic carbocycles. The fraction of sp³-hybridized carbons (Fsp3) is 0.261. The molecule has 0 fully saturated rings. The second-order valence-corrected chi connectivity index (χ2v) is 7.08. The van der Waals surface area contributed by atoms with Gasteiger partial charge in [-0.05, 0) is 51.1 Å². The van der Waals surface area contributed by atoms with Gasteiger partial charge < -0.3 is 19.5 Å². The van der Waals surface area contributed by atoms with E-state index in [1.54, 1.807) is 38.1 Å². The van der Waals surface area contributed by atoms with Crippen molar-refractivity contribution < 1.29 is 27.6 Å². The fourth-order valence-corrected chi connectivity index (χ4v) is 3.06. The molecule has 1 heterocycles. The number of nitrogens with one attached hydrogen (secondary N) is 1. The maximum Gasteiger partial charge on any atom is 0.254 e. The average Bonchev–Trinajstić information content (AvgIpc) is 3.10. The molecular weight excluding hydrogens is 420 g/mol. The third kappa shape index (κ3) is 5.29. The molecule has 0 spiro atoms. The zero-order chi connectivity index (χ0) is 23.3. The minimum Gasteiger partial charge on any atom is -0.489 e. The van der Waals surface area contributed by atoms with Gasteiger partial charge >= 0.3 is 0 Å². The van der Waals surface area contributed by atoms with E-state index in [4.69, 9.17) is 9.26 Å². The van der Waals surface area contributed by atoms with Crippen molar-refractivity contribution in [1.82, 2.24) is 10.1 Å². The summed E-state index contributed by atoms with van der Waals surface area (Å²) < 4.78 is 38.4. The second-order valence-electron chi connectivity index (χ2n) is 7.08. The summed E-state index contributed by atoms with van der Waals surface area (Å²) in [6.07, 6.45) is 0. The summed E-state index contributed by atoms with van der Waals surface area (Å²) in [4.78, 5) is 26.5. The Hall–Kier alpha value is -3.75. The first kappa shape index (κ1) is 22.9. The molecule has 0 saturated heterocycles. The number of aryl methyl sites for hydroxylation is 2. The summed E-state index contributed by atoms with van der Waals surface area (Å²) in [5, 5.41) is 6.06. The Morgan fingerprint density at radius 1 is 1.12 bits per heavy atom. The lowest BCUT2D eigenvalue weighted by atomic mass is 10.1. The van der Waals surface area contributed by atoms with Crippen molar-refractivity contribution in [1.29, 1.82) is 0 Å². The van der Waals surface area contributed by atoms with Crippen LogP contribution >= 0.6 is 0 Å². The van der Waals surface area contributed by atoms with Gasteiger partial charge in [0.2, 0.25) is 5.91 Å². The largest absolute Gasteiger partial charge is 0.489 e. The Bertz CT molecular complexity index is 1090. The number of para-hydroxylation sites is 1. The first-order chi connectivity index (χ1) is 15.3. The van der Waals surface area contributed by atoms with E-state index in [1.807, 2.05) is 6.92 Å². The number of likely N-dealkylation sites (N-methyl/N-ethyl adjacent to an activating group) is 1. The predicted molar refractivity (Wildman–Crippen MR) is 113 cm³/mol. The number of halogens is 2. The van der Waals surface area contributed by atoms with Gasteiger partial charge in [0, 0.05) is 12.1 Å². The maximum atomic E-state index is 13.8. The molecule has 0 atom stereocenters. The number of carbonyl (C=O) groups is 2. The molecule has 0 radical (unpaired) electrons. The lowest BCUT2D eigenvalue weighted by molar-refractivity contribution is -0.116. The van der Waals surface area contributed by atoms with Crippen molar-refractivity contribution >= 4 is 17.5 Å². The van der Waals surface area contributed by atoms with Gasteiger partial charge in [0.1, 0.15) is 42.0 Å². The quantitative estimate of drug-likeness (QED) is 0.563. The summed E-state index contributed by atoms with van der Waals surface area (Å²) >= 11 is 0. The number of nitrogens with zero attached hydrogens (tertiary/aromatic N) is 2. The zero-order valence-corrected chi connectivity index (χ0v) is 17.9. The lowest BCUT2D eigenvalue weighted by Gasteiger charge is -2.21. The average molecular weight is 443 g/mol. The molecule has 0 saturated carbocycles. The SMILES string of the molecule is CCN(CC(=O)Nc1c(F)cccc1F)C(=O)c1cccc(OCc2c(C)noc2C)c1. The van der Waals surface area contributed by atoms with E-state index in [-0.39, 0.29) is 19.7 Å². The standard InChI is InChI=1S/C23H23F2N3O4/c1-4-28(12-21(29)26-22-19(24)9-6-10-20(22)25)23(30)16-7-5-8-17(11-16)31-13-18-14(2)27-32-15(18)3/h5-11H,4,12-13H2,1-3H3,(H,26,29). The first-order valence-electron chi connectivity index (χ1n) is 9.97. The highest BCUT2D eigenvalue weighted by atomic mass is 19.1. The number of anilines is 1. The van der Waals surface area contributed by atoms with Crippen LogP contribution in [0.2, 0.25) is 0 Å². The van der Waals surface area contributed by atoms with Crippen molar-refractivity contribution in [2.45, 2.75) is 27.4 Å². The third-order valence-electron chi connectivity index (χ3n) is 4.88. The Kier molecular flexibility index (Phi) is 7.19. The van der Waals surface area contributed by atoms with Crippen LogP contribution in [0.3, 0.4) is 0 Å². The Morgan fingerprint density at radius 2 is 1.81 bits per heavy atom. The zero-order valence-electron chi connectivity index (χ0n) is 17.9. The highest BCUT2D eigenvalue weighted by molar-refractivity contribution is 5.99. The second kappa shape index (κ2) is 10.0. The molecule has 0 bridgehead atoms. The lowest BCUT2D eigenvalue weighted by Crippen LogP contribution is -2.38. The van der Waals surface area contributed by atoms with E-state index in [1.165, 1.54) is 11.0 Å². The Balaban J connectivity index is 1.67. The normalized spacial score (nSPS) is 10.7. The van der Waals surface area contributed by atoms with Gasteiger partial charge in [0.15, 0.2) is 0 Å². The van der Waals surface area contributed by atoms with Gasteiger partial charge in [0.25, 0.3) is 5.91 Å². The molecule has 0 aliphatic rings. The van der Waals surface area contributed by atoms with Crippen molar-refractivity contribution in [2.75, 3.05) is 18.4 Å². The number of ether oxygens (including phenoxy) is 1. The van der Waals surface area contributed by atoms with Crippen LogP contribution in [0.4, 0.5) is 14.5 Å². The minimum atomic E-state index is -0.893. The molecule has 0 unspecified atom stereocenters. The summed E-state index contributed by atoms with van der Waals surface area (Å²) in [5.41, 5.74) is 1.32. The van der Waals surface area contributed by atoms with E-state index < -0.39 is 29.1 Å². The van der Waals surface area contributed by atoms with Crippen molar-refractivity contribution in [3.8, 4) is 5.75 Å². The van der Waals surface area contributed by atoms with Gasteiger partial charge in [-0.15, -0.1) is 0 Å². The summed E-state index contributed by atoms with van der Waals surface area (Å²) in [6.45, 7) is 5.38. The van der Waals surface area contributed by atoms with Crippen molar-refractivity contribution in [3.05, 3.63) is 76.7 Å². The monoisotopic (exact) mass is 443 g/mol. The van der Waals surface area contributed by atoms with Crippen molar-refractivity contribution in [3.63, 3.8) is 0 Å². The molecule has 7 nitrogen and oxygen atoms in total. The van der Waals surface area contributed by atoms with Crippen LogP contribution in [-0.2, 0) is 11.4 Å². The molecule has 32 heavy (non-hydrogen) atoms. The molecule has 0 aliphatic carbocycles. The molecule has 1 N–H and O–H groups in total. The maximum absolute atomic E-state index is 13.8.